The Labute approximate surface area is 92.5 Å². The number of hydrogen-bond donors (Lipinski definition) is 0. The van der Waals surface area contributed by atoms with E-state index in [-0.39, 0.29) is 5.60 Å². The number of benzene rings is 1. The molecule has 0 saturated heterocycles. The highest BCUT2D eigenvalue weighted by Gasteiger charge is 2.32. The highest BCUT2D eigenvalue weighted by molar-refractivity contribution is 5.36. The second-order valence-corrected chi connectivity index (χ2v) is 5.46. The lowest BCUT2D eigenvalue weighted by Crippen LogP contribution is -2.29. The molecule has 0 saturated carbocycles. The number of rotatable bonds is 1. The molecule has 0 radical (unpaired) electrons. The van der Waals surface area contributed by atoms with Gasteiger partial charge >= 0.3 is 0 Å². The van der Waals surface area contributed by atoms with Crippen LogP contribution in [0.1, 0.15) is 44.7 Å². The van der Waals surface area contributed by atoms with E-state index < -0.39 is 0 Å². The van der Waals surface area contributed by atoms with Gasteiger partial charge in [-0.2, -0.15) is 0 Å². The van der Waals surface area contributed by atoms with Gasteiger partial charge in [0.1, 0.15) is 0 Å². The third-order valence-corrected chi connectivity index (χ3v) is 3.03. The predicted octanol–water partition coefficient (Wildman–Crippen LogP) is 3.53. The van der Waals surface area contributed by atoms with Gasteiger partial charge in [0.2, 0.25) is 0 Å². The van der Waals surface area contributed by atoms with Gasteiger partial charge in [-0.3, -0.25) is 0 Å². The molecule has 0 aliphatic heterocycles. The number of fused-ring (bicyclic) bond motifs is 1. The summed E-state index contributed by atoms with van der Waals surface area (Å²) in [4.78, 5) is 0. The SMILES string of the molecule is C[C@H]1c2ccccc2CC1OC(C)(C)C. The first-order valence-corrected chi connectivity index (χ1v) is 5.73. The highest BCUT2D eigenvalue weighted by Crippen LogP contribution is 2.36. The van der Waals surface area contributed by atoms with Crippen molar-refractivity contribution in [2.45, 2.75) is 51.7 Å². The molecule has 0 spiro atoms. The molecule has 2 rings (SSSR count). The van der Waals surface area contributed by atoms with Crippen LogP contribution in [0.3, 0.4) is 0 Å². The summed E-state index contributed by atoms with van der Waals surface area (Å²) in [5.74, 6) is 0.528. The van der Waals surface area contributed by atoms with Crippen LogP contribution in [0.4, 0.5) is 0 Å². The molecular formula is C14H20O. The molecule has 0 aromatic heterocycles. The molecule has 2 atom stereocenters. The van der Waals surface area contributed by atoms with Crippen LogP contribution in [0.25, 0.3) is 0 Å². The first-order valence-electron chi connectivity index (χ1n) is 5.73. The summed E-state index contributed by atoms with van der Waals surface area (Å²) < 4.78 is 6.09. The summed E-state index contributed by atoms with van der Waals surface area (Å²) in [5, 5.41) is 0. The normalized spacial score (nSPS) is 25.3. The summed E-state index contributed by atoms with van der Waals surface area (Å²) in [6.07, 6.45) is 1.41. The standard InChI is InChI=1S/C14H20O/c1-10-12-8-6-5-7-11(12)9-13(10)15-14(2,3)4/h5-8,10,13H,9H2,1-4H3/t10-,13?/m0/s1. The second kappa shape index (κ2) is 3.64. The van der Waals surface area contributed by atoms with Gasteiger partial charge in [0.05, 0.1) is 11.7 Å². The van der Waals surface area contributed by atoms with Crippen LogP contribution in [-0.2, 0) is 11.2 Å². The van der Waals surface area contributed by atoms with Gasteiger partial charge in [-0.25, -0.2) is 0 Å². The number of ether oxygens (including phenoxy) is 1. The van der Waals surface area contributed by atoms with E-state index in [1.807, 2.05) is 0 Å². The van der Waals surface area contributed by atoms with Crippen molar-refractivity contribution in [3.63, 3.8) is 0 Å². The Balaban J connectivity index is 2.17. The minimum Gasteiger partial charge on any atom is -0.372 e. The van der Waals surface area contributed by atoms with E-state index in [2.05, 4.69) is 52.0 Å². The fraction of sp³-hybridized carbons (Fsp3) is 0.571. The molecule has 0 N–H and O–H groups in total. The molecule has 0 bridgehead atoms. The van der Waals surface area contributed by atoms with E-state index in [4.69, 9.17) is 4.74 Å². The highest BCUT2D eigenvalue weighted by atomic mass is 16.5. The Morgan fingerprint density at radius 3 is 2.47 bits per heavy atom. The van der Waals surface area contributed by atoms with Gasteiger partial charge < -0.3 is 4.74 Å². The Kier molecular flexibility index (Phi) is 2.59. The molecule has 15 heavy (non-hydrogen) atoms. The lowest BCUT2D eigenvalue weighted by molar-refractivity contribution is -0.0635. The van der Waals surface area contributed by atoms with E-state index in [1.54, 1.807) is 0 Å². The Hall–Kier alpha value is -0.820. The average molecular weight is 204 g/mol. The summed E-state index contributed by atoms with van der Waals surface area (Å²) in [6.45, 7) is 8.65. The zero-order valence-corrected chi connectivity index (χ0v) is 10.1. The third-order valence-electron chi connectivity index (χ3n) is 3.03. The van der Waals surface area contributed by atoms with Crippen molar-refractivity contribution >= 4 is 0 Å². The summed E-state index contributed by atoms with van der Waals surface area (Å²) >= 11 is 0. The third kappa shape index (κ3) is 2.23. The largest absolute Gasteiger partial charge is 0.372 e. The van der Waals surface area contributed by atoms with Crippen LogP contribution in [0.15, 0.2) is 24.3 Å². The van der Waals surface area contributed by atoms with Gasteiger partial charge in [0.15, 0.2) is 0 Å². The molecule has 0 fully saturated rings. The van der Waals surface area contributed by atoms with Crippen LogP contribution in [0.2, 0.25) is 0 Å². The Morgan fingerprint density at radius 1 is 1.20 bits per heavy atom. The van der Waals surface area contributed by atoms with Gasteiger partial charge in [0, 0.05) is 5.92 Å². The maximum atomic E-state index is 6.09. The summed E-state index contributed by atoms with van der Waals surface area (Å²) in [5.41, 5.74) is 2.88. The smallest absolute Gasteiger partial charge is 0.0688 e. The Bertz CT molecular complexity index is 349. The van der Waals surface area contributed by atoms with Gasteiger partial charge in [0.25, 0.3) is 0 Å². The van der Waals surface area contributed by atoms with E-state index in [0.717, 1.165) is 6.42 Å². The molecule has 1 unspecified atom stereocenters. The topological polar surface area (TPSA) is 9.23 Å². The molecule has 1 aromatic carbocycles. The fourth-order valence-electron chi connectivity index (χ4n) is 2.36. The minimum atomic E-state index is -0.0407. The lowest BCUT2D eigenvalue weighted by Gasteiger charge is -2.27. The minimum absolute atomic E-state index is 0.0407. The van der Waals surface area contributed by atoms with Gasteiger partial charge in [-0.05, 0) is 38.3 Å². The fourth-order valence-corrected chi connectivity index (χ4v) is 2.36. The average Bonchev–Trinajstić information content (AvgIpc) is 2.42. The number of hydrogen-bond acceptors (Lipinski definition) is 1. The summed E-state index contributed by atoms with van der Waals surface area (Å²) in [6, 6.07) is 8.68. The summed E-state index contributed by atoms with van der Waals surface area (Å²) in [7, 11) is 0. The second-order valence-electron chi connectivity index (χ2n) is 5.46. The van der Waals surface area contributed by atoms with Crippen molar-refractivity contribution in [2.75, 3.05) is 0 Å². The van der Waals surface area contributed by atoms with Crippen molar-refractivity contribution in [3.05, 3.63) is 35.4 Å². The van der Waals surface area contributed by atoms with Gasteiger partial charge in [-0.1, -0.05) is 31.2 Å². The van der Waals surface area contributed by atoms with E-state index in [0.29, 0.717) is 12.0 Å². The van der Waals surface area contributed by atoms with Gasteiger partial charge in [-0.15, -0.1) is 0 Å². The maximum absolute atomic E-state index is 6.09. The molecule has 1 heteroatoms. The molecule has 0 heterocycles. The van der Waals surface area contributed by atoms with Crippen molar-refractivity contribution in [3.8, 4) is 0 Å². The first kappa shape index (κ1) is 10.7. The zero-order chi connectivity index (χ0) is 11.1. The lowest BCUT2D eigenvalue weighted by atomic mass is 10.0. The van der Waals surface area contributed by atoms with Crippen molar-refractivity contribution in [1.82, 2.24) is 0 Å². The molecule has 82 valence electrons. The molecule has 1 aliphatic rings. The van der Waals surface area contributed by atoms with Crippen LogP contribution in [-0.4, -0.2) is 11.7 Å². The Morgan fingerprint density at radius 2 is 1.87 bits per heavy atom. The van der Waals surface area contributed by atoms with Crippen molar-refractivity contribution < 1.29 is 4.74 Å². The van der Waals surface area contributed by atoms with Crippen LogP contribution < -0.4 is 0 Å². The van der Waals surface area contributed by atoms with Crippen LogP contribution >= 0.6 is 0 Å². The van der Waals surface area contributed by atoms with E-state index >= 15 is 0 Å². The zero-order valence-electron chi connectivity index (χ0n) is 10.1. The molecule has 1 nitrogen and oxygen atoms in total. The van der Waals surface area contributed by atoms with E-state index in [9.17, 15) is 0 Å². The molecule has 1 aromatic rings. The van der Waals surface area contributed by atoms with Crippen LogP contribution in [0.5, 0.6) is 0 Å². The van der Waals surface area contributed by atoms with Crippen molar-refractivity contribution in [1.29, 1.82) is 0 Å². The van der Waals surface area contributed by atoms with Crippen LogP contribution in [0, 0.1) is 0 Å². The molecule has 0 amide bonds. The molecular weight excluding hydrogens is 184 g/mol. The maximum Gasteiger partial charge on any atom is 0.0688 e. The first-order chi connectivity index (χ1) is 6.97. The quantitative estimate of drug-likeness (QED) is 0.680. The predicted molar refractivity (Wildman–Crippen MR) is 63.2 cm³/mol. The molecule has 1 aliphatic carbocycles. The van der Waals surface area contributed by atoms with Crippen molar-refractivity contribution in [2.24, 2.45) is 0 Å². The monoisotopic (exact) mass is 204 g/mol. The van der Waals surface area contributed by atoms with E-state index in [1.165, 1.54) is 11.1 Å².